The van der Waals surface area contributed by atoms with Gasteiger partial charge in [0, 0.05) is 12.0 Å². The van der Waals surface area contributed by atoms with E-state index in [2.05, 4.69) is 20.6 Å². The summed E-state index contributed by atoms with van der Waals surface area (Å²) in [5.74, 6) is 1.77. The molecule has 0 fully saturated rings. The van der Waals surface area contributed by atoms with Crippen LogP contribution < -0.4 is 0 Å². The first-order valence-corrected chi connectivity index (χ1v) is 4.85. The van der Waals surface area contributed by atoms with E-state index in [1.807, 2.05) is 26.8 Å². The molecular weight excluding hydrogens is 194 g/mol. The molecule has 6 nitrogen and oxygen atoms in total. The predicted molar refractivity (Wildman–Crippen MR) is 52.2 cm³/mol. The summed E-state index contributed by atoms with van der Waals surface area (Å²) >= 11 is 0. The fourth-order valence-corrected chi connectivity index (χ4v) is 1.18. The van der Waals surface area contributed by atoms with Crippen LogP contribution in [0.1, 0.15) is 37.0 Å². The highest BCUT2D eigenvalue weighted by molar-refractivity contribution is 5.02. The van der Waals surface area contributed by atoms with Gasteiger partial charge in [0.05, 0.1) is 5.69 Å². The van der Waals surface area contributed by atoms with Crippen LogP contribution in [0.15, 0.2) is 10.6 Å². The van der Waals surface area contributed by atoms with Crippen LogP contribution >= 0.6 is 0 Å². The highest BCUT2D eigenvalue weighted by atomic mass is 16.5. The van der Waals surface area contributed by atoms with Crippen molar-refractivity contribution < 1.29 is 4.52 Å². The predicted octanol–water partition coefficient (Wildman–Crippen LogP) is 1.14. The SMILES string of the molecule is Cc1cc(Cn2nnc(C(C)C)n2)on1. The van der Waals surface area contributed by atoms with Crippen LogP contribution in [-0.4, -0.2) is 25.4 Å². The van der Waals surface area contributed by atoms with E-state index in [9.17, 15) is 0 Å². The Balaban J connectivity index is 2.11. The number of nitrogens with zero attached hydrogens (tertiary/aromatic N) is 5. The third kappa shape index (κ3) is 2.20. The Morgan fingerprint density at radius 2 is 2.27 bits per heavy atom. The summed E-state index contributed by atoms with van der Waals surface area (Å²) in [6.07, 6.45) is 0. The largest absolute Gasteiger partial charge is 0.359 e. The maximum absolute atomic E-state index is 5.06. The van der Waals surface area contributed by atoms with Gasteiger partial charge in [0.1, 0.15) is 6.54 Å². The van der Waals surface area contributed by atoms with Crippen LogP contribution in [0.2, 0.25) is 0 Å². The zero-order chi connectivity index (χ0) is 10.8. The average molecular weight is 207 g/mol. The van der Waals surface area contributed by atoms with Gasteiger partial charge in [0.2, 0.25) is 0 Å². The van der Waals surface area contributed by atoms with E-state index in [0.717, 1.165) is 17.3 Å². The van der Waals surface area contributed by atoms with Crippen LogP contribution in [0.25, 0.3) is 0 Å². The van der Waals surface area contributed by atoms with E-state index in [1.165, 1.54) is 4.80 Å². The van der Waals surface area contributed by atoms with E-state index in [4.69, 9.17) is 4.52 Å². The number of aryl methyl sites for hydroxylation is 1. The molecule has 2 aromatic heterocycles. The Labute approximate surface area is 87.3 Å². The molecule has 0 saturated heterocycles. The van der Waals surface area contributed by atoms with Crippen molar-refractivity contribution in [2.45, 2.75) is 33.2 Å². The van der Waals surface area contributed by atoms with Gasteiger partial charge in [-0.25, -0.2) is 0 Å². The minimum atomic E-state index is 0.287. The van der Waals surface area contributed by atoms with Crippen molar-refractivity contribution in [2.24, 2.45) is 0 Å². The Bertz CT molecular complexity index is 445. The molecule has 2 heterocycles. The van der Waals surface area contributed by atoms with Gasteiger partial charge in [0.25, 0.3) is 0 Å². The summed E-state index contributed by atoms with van der Waals surface area (Å²) < 4.78 is 5.06. The summed E-state index contributed by atoms with van der Waals surface area (Å²) in [5.41, 5.74) is 0.856. The molecule has 0 amide bonds. The van der Waals surface area contributed by atoms with E-state index >= 15 is 0 Å². The molecule has 0 aliphatic rings. The van der Waals surface area contributed by atoms with Gasteiger partial charge in [0.15, 0.2) is 11.6 Å². The van der Waals surface area contributed by atoms with E-state index in [0.29, 0.717) is 6.54 Å². The molecule has 0 bridgehead atoms. The number of aromatic nitrogens is 5. The fourth-order valence-electron chi connectivity index (χ4n) is 1.18. The molecule has 80 valence electrons. The first-order chi connectivity index (χ1) is 7.15. The van der Waals surface area contributed by atoms with Gasteiger partial charge in [-0.15, -0.1) is 10.2 Å². The topological polar surface area (TPSA) is 69.6 Å². The van der Waals surface area contributed by atoms with E-state index < -0.39 is 0 Å². The lowest BCUT2D eigenvalue weighted by atomic mass is 10.2. The second-order valence-corrected chi connectivity index (χ2v) is 3.77. The minimum absolute atomic E-state index is 0.287. The van der Waals surface area contributed by atoms with Gasteiger partial charge >= 0.3 is 0 Å². The fraction of sp³-hybridized carbons (Fsp3) is 0.556. The number of rotatable bonds is 3. The lowest BCUT2D eigenvalue weighted by Crippen LogP contribution is -2.03. The van der Waals surface area contributed by atoms with Crippen LogP contribution in [0.4, 0.5) is 0 Å². The summed E-state index contributed by atoms with van der Waals surface area (Å²) in [6.45, 7) is 6.40. The van der Waals surface area contributed by atoms with Crippen molar-refractivity contribution in [1.82, 2.24) is 25.4 Å². The molecule has 0 unspecified atom stereocenters. The molecule has 0 aliphatic heterocycles. The first-order valence-electron chi connectivity index (χ1n) is 4.85. The van der Waals surface area contributed by atoms with E-state index in [1.54, 1.807) is 0 Å². The molecule has 0 N–H and O–H groups in total. The van der Waals surface area contributed by atoms with Crippen LogP contribution in [0.3, 0.4) is 0 Å². The Morgan fingerprint density at radius 1 is 1.47 bits per heavy atom. The van der Waals surface area contributed by atoms with Crippen molar-refractivity contribution in [1.29, 1.82) is 0 Å². The van der Waals surface area contributed by atoms with Gasteiger partial charge in [-0.1, -0.05) is 19.0 Å². The molecule has 0 aliphatic carbocycles. The third-order valence-electron chi connectivity index (χ3n) is 1.96. The maximum Gasteiger partial charge on any atom is 0.177 e. The lowest BCUT2D eigenvalue weighted by Gasteiger charge is -1.94. The molecule has 0 spiro atoms. The standard InChI is InChI=1S/C9H13N5O/c1-6(2)9-10-13-14(11-9)5-8-4-7(3)12-15-8/h4,6H,5H2,1-3H3. The normalized spacial score (nSPS) is 11.2. The minimum Gasteiger partial charge on any atom is -0.359 e. The number of hydrogen-bond donors (Lipinski definition) is 0. The monoisotopic (exact) mass is 207 g/mol. The average Bonchev–Trinajstić information content (AvgIpc) is 2.76. The van der Waals surface area contributed by atoms with Gasteiger partial charge in [-0.05, 0) is 12.1 Å². The molecule has 6 heteroatoms. The van der Waals surface area contributed by atoms with Crippen molar-refractivity contribution in [3.05, 3.63) is 23.3 Å². The molecule has 15 heavy (non-hydrogen) atoms. The summed E-state index contributed by atoms with van der Waals surface area (Å²) in [5, 5.41) is 15.9. The number of hydrogen-bond acceptors (Lipinski definition) is 5. The van der Waals surface area contributed by atoms with Crippen molar-refractivity contribution in [3.63, 3.8) is 0 Å². The van der Waals surface area contributed by atoms with Crippen molar-refractivity contribution >= 4 is 0 Å². The lowest BCUT2D eigenvalue weighted by molar-refractivity contribution is 0.359. The van der Waals surface area contributed by atoms with E-state index in [-0.39, 0.29) is 5.92 Å². The van der Waals surface area contributed by atoms with Crippen LogP contribution in [0.5, 0.6) is 0 Å². The zero-order valence-corrected chi connectivity index (χ0v) is 9.01. The summed E-state index contributed by atoms with van der Waals surface area (Å²) in [7, 11) is 0. The maximum atomic E-state index is 5.06. The smallest absolute Gasteiger partial charge is 0.177 e. The third-order valence-corrected chi connectivity index (χ3v) is 1.96. The molecular formula is C9H13N5O. The second-order valence-electron chi connectivity index (χ2n) is 3.77. The quantitative estimate of drug-likeness (QED) is 0.754. The van der Waals surface area contributed by atoms with Crippen LogP contribution in [-0.2, 0) is 6.54 Å². The molecule has 0 saturated carbocycles. The summed E-state index contributed by atoms with van der Waals surface area (Å²) in [6, 6.07) is 1.86. The van der Waals surface area contributed by atoms with Crippen molar-refractivity contribution in [2.75, 3.05) is 0 Å². The molecule has 0 atom stereocenters. The van der Waals surface area contributed by atoms with Crippen LogP contribution in [0, 0.1) is 6.92 Å². The summed E-state index contributed by atoms with van der Waals surface area (Å²) in [4.78, 5) is 1.51. The van der Waals surface area contributed by atoms with Crippen molar-refractivity contribution in [3.8, 4) is 0 Å². The highest BCUT2D eigenvalue weighted by Crippen LogP contribution is 2.07. The molecule has 0 aromatic carbocycles. The molecule has 2 rings (SSSR count). The zero-order valence-electron chi connectivity index (χ0n) is 9.01. The molecule has 2 aromatic rings. The van der Waals surface area contributed by atoms with Gasteiger partial charge in [-0.2, -0.15) is 4.80 Å². The highest BCUT2D eigenvalue weighted by Gasteiger charge is 2.08. The van der Waals surface area contributed by atoms with Gasteiger partial charge in [-0.3, -0.25) is 0 Å². The Morgan fingerprint density at radius 3 is 2.80 bits per heavy atom. The number of tetrazole rings is 1. The second kappa shape index (κ2) is 3.80. The first kappa shape index (κ1) is 9.82. The Kier molecular flexibility index (Phi) is 2.49. The Hall–Kier alpha value is -1.72. The van der Waals surface area contributed by atoms with Gasteiger partial charge < -0.3 is 4.52 Å². The molecule has 0 radical (unpaired) electrons.